The molecule has 1 aromatic heterocycles. The van der Waals surface area contributed by atoms with Crippen molar-refractivity contribution in [3.63, 3.8) is 0 Å². The van der Waals surface area contributed by atoms with Gasteiger partial charge in [0, 0.05) is 12.4 Å². The topological polar surface area (TPSA) is 69.1 Å². The number of aromatic hydroxyl groups is 2. The van der Waals surface area contributed by atoms with E-state index in [0.29, 0.717) is 0 Å². The van der Waals surface area contributed by atoms with E-state index in [1.165, 1.54) is 12.1 Å². The summed E-state index contributed by atoms with van der Waals surface area (Å²) in [6.07, 6.45) is 3.46. The molecule has 13 heavy (non-hydrogen) atoms. The molecule has 0 radical (unpaired) electrons. The summed E-state index contributed by atoms with van der Waals surface area (Å²) in [5.74, 6) is -0.153. The molecular weight excluding hydrogens is 168 g/mol. The number of phenols is 2. The molecule has 2 aromatic rings. The summed E-state index contributed by atoms with van der Waals surface area (Å²) < 4.78 is 0. The van der Waals surface area contributed by atoms with E-state index in [0.717, 1.165) is 0 Å². The highest BCUT2D eigenvalue weighted by Gasteiger charge is 1.90. The molecule has 4 heteroatoms. The van der Waals surface area contributed by atoms with E-state index < -0.39 is 0 Å². The van der Waals surface area contributed by atoms with E-state index in [-0.39, 0.29) is 11.5 Å². The number of hydrogen-bond acceptors (Lipinski definition) is 3. The Balaban J connectivity index is 0.000000145. The maximum atomic E-state index is 8.67. The lowest BCUT2D eigenvalue weighted by atomic mass is 10.3. The number of hydrogen-bond donors (Lipinski definition) is 3. The van der Waals surface area contributed by atoms with Crippen molar-refractivity contribution in [2.24, 2.45) is 0 Å². The van der Waals surface area contributed by atoms with Crippen LogP contribution in [0, 0.1) is 0 Å². The van der Waals surface area contributed by atoms with Crippen LogP contribution in [-0.4, -0.2) is 20.4 Å². The van der Waals surface area contributed by atoms with Crippen molar-refractivity contribution in [3.05, 3.63) is 42.7 Å². The van der Waals surface area contributed by atoms with Crippen LogP contribution in [0.2, 0.25) is 0 Å². The molecule has 0 aliphatic rings. The average Bonchev–Trinajstić information content (AvgIpc) is 2.68. The third-order valence-corrected chi connectivity index (χ3v) is 1.29. The molecule has 0 aliphatic carbocycles. The Hall–Kier alpha value is -1.97. The second-order valence-corrected chi connectivity index (χ2v) is 2.26. The molecule has 2 rings (SSSR count). The van der Waals surface area contributed by atoms with E-state index in [4.69, 9.17) is 10.2 Å². The Morgan fingerprint density at radius 2 is 1.62 bits per heavy atom. The fourth-order valence-electron chi connectivity index (χ4n) is 0.679. The quantitative estimate of drug-likeness (QED) is 0.535. The number of rotatable bonds is 0. The molecule has 0 amide bonds. The van der Waals surface area contributed by atoms with Crippen molar-refractivity contribution < 1.29 is 10.2 Å². The van der Waals surface area contributed by atoms with Gasteiger partial charge in [-0.1, -0.05) is 12.1 Å². The van der Waals surface area contributed by atoms with Gasteiger partial charge in [0.05, 0.1) is 0 Å². The number of para-hydroxylation sites is 2. The number of nitrogens with zero attached hydrogens (tertiary/aromatic N) is 1. The van der Waals surface area contributed by atoms with E-state index in [1.807, 2.05) is 6.07 Å². The molecule has 4 nitrogen and oxygen atoms in total. The van der Waals surface area contributed by atoms with Crippen LogP contribution in [0.3, 0.4) is 0 Å². The summed E-state index contributed by atoms with van der Waals surface area (Å²) in [5, 5.41) is 23.5. The van der Waals surface area contributed by atoms with E-state index >= 15 is 0 Å². The van der Waals surface area contributed by atoms with Crippen molar-refractivity contribution in [1.82, 2.24) is 10.2 Å². The maximum absolute atomic E-state index is 8.67. The first-order chi connectivity index (χ1) is 6.30. The number of benzene rings is 1. The summed E-state index contributed by atoms with van der Waals surface area (Å²) in [6.45, 7) is 0. The van der Waals surface area contributed by atoms with Crippen LogP contribution in [0.1, 0.15) is 0 Å². The van der Waals surface area contributed by atoms with Crippen molar-refractivity contribution >= 4 is 0 Å². The Morgan fingerprint density at radius 3 is 1.85 bits per heavy atom. The number of aromatic amines is 1. The van der Waals surface area contributed by atoms with Gasteiger partial charge in [0.2, 0.25) is 0 Å². The van der Waals surface area contributed by atoms with E-state index in [9.17, 15) is 0 Å². The smallest absolute Gasteiger partial charge is 0.157 e. The number of phenolic OH excluding ortho intramolecular Hbond substituents is 2. The van der Waals surface area contributed by atoms with Gasteiger partial charge < -0.3 is 10.2 Å². The largest absolute Gasteiger partial charge is 0.504 e. The SMILES string of the molecule is Oc1ccccc1O.c1cn[nH]c1. The minimum Gasteiger partial charge on any atom is -0.504 e. The molecule has 0 unspecified atom stereocenters. The van der Waals surface area contributed by atoms with Crippen molar-refractivity contribution in [2.45, 2.75) is 0 Å². The van der Waals surface area contributed by atoms with Gasteiger partial charge in [-0.2, -0.15) is 5.10 Å². The Morgan fingerprint density at radius 1 is 1.00 bits per heavy atom. The Bertz CT molecular complexity index is 295. The fourth-order valence-corrected chi connectivity index (χ4v) is 0.679. The highest BCUT2D eigenvalue weighted by atomic mass is 16.3. The van der Waals surface area contributed by atoms with Gasteiger partial charge in [-0.05, 0) is 18.2 Å². The first-order valence-corrected chi connectivity index (χ1v) is 3.71. The van der Waals surface area contributed by atoms with Crippen LogP contribution in [0.15, 0.2) is 42.7 Å². The second-order valence-electron chi connectivity index (χ2n) is 2.26. The average molecular weight is 178 g/mol. The van der Waals surface area contributed by atoms with Gasteiger partial charge >= 0.3 is 0 Å². The molecule has 0 saturated carbocycles. The summed E-state index contributed by atoms with van der Waals surface area (Å²) in [7, 11) is 0. The number of H-pyrrole nitrogens is 1. The van der Waals surface area contributed by atoms with Gasteiger partial charge in [0.15, 0.2) is 11.5 Å². The van der Waals surface area contributed by atoms with Crippen LogP contribution < -0.4 is 0 Å². The van der Waals surface area contributed by atoms with Gasteiger partial charge in [-0.15, -0.1) is 0 Å². The molecule has 1 heterocycles. The fraction of sp³-hybridized carbons (Fsp3) is 0. The first-order valence-electron chi connectivity index (χ1n) is 3.71. The zero-order chi connectivity index (χ0) is 9.52. The zero-order valence-electron chi connectivity index (χ0n) is 6.88. The minimum atomic E-state index is -0.0764. The minimum absolute atomic E-state index is 0.0764. The first kappa shape index (κ1) is 9.12. The molecule has 0 bridgehead atoms. The monoisotopic (exact) mass is 178 g/mol. The Kier molecular flexibility index (Phi) is 3.38. The van der Waals surface area contributed by atoms with Crippen molar-refractivity contribution in [3.8, 4) is 11.5 Å². The summed E-state index contributed by atoms with van der Waals surface area (Å²) in [4.78, 5) is 0. The molecule has 0 fully saturated rings. The molecular formula is C9H10N2O2. The number of nitrogens with one attached hydrogen (secondary N) is 1. The lowest BCUT2D eigenvalue weighted by Gasteiger charge is -1.91. The van der Waals surface area contributed by atoms with Crippen LogP contribution in [0.5, 0.6) is 11.5 Å². The molecule has 0 aliphatic heterocycles. The predicted octanol–water partition coefficient (Wildman–Crippen LogP) is 1.51. The molecule has 1 aromatic carbocycles. The Labute approximate surface area is 75.5 Å². The lowest BCUT2D eigenvalue weighted by Crippen LogP contribution is -1.63. The van der Waals surface area contributed by atoms with Gasteiger partial charge in [0.25, 0.3) is 0 Å². The molecule has 0 atom stereocenters. The maximum Gasteiger partial charge on any atom is 0.157 e. The molecule has 0 spiro atoms. The van der Waals surface area contributed by atoms with Crippen molar-refractivity contribution in [2.75, 3.05) is 0 Å². The van der Waals surface area contributed by atoms with Gasteiger partial charge in [-0.25, -0.2) is 0 Å². The molecule has 0 saturated heterocycles. The van der Waals surface area contributed by atoms with Crippen molar-refractivity contribution in [1.29, 1.82) is 0 Å². The summed E-state index contributed by atoms with van der Waals surface area (Å²) >= 11 is 0. The number of aromatic nitrogens is 2. The highest BCUT2D eigenvalue weighted by Crippen LogP contribution is 2.21. The normalized spacial score (nSPS) is 8.62. The molecule has 3 N–H and O–H groups in total. The van der Waals surface area contributed by atoms with E-state index in [2.05, 4.69) is 10.2 Å². The standard InChI is InChI=1S/C6H6O2.C3H4N2/c7-5-3-1-2-4-6(5)8;1-2-4-5-3-1/h1-4,7-8H;1-3H,(H,4,5). The van der Waals surface area contributed by atoms with Crippen LogP contribution in [0.4, 0.5) is 0 Å². The third-order valence-electron chi connectivity index (χ3n) is 1.29. The van der Waals surface area contributed by atoms with Crippen LogP contribution >= 0.6 is 0 Å². The van der Waals surface area contributed by atoms with Crippen LogP contribution in [0.25, 0.3) is 0 Å². The van der Waals surface area contributed by atoms with Gasteiger partial charge in [0.1, 0.15) is 0 Å². The lowest BCUT2D eigenvalue weighted by molar-refractivity contribution is 0.404. The summed E-state index contributed by atoms with van der Waals surface area (Å²) in [6, 6.07) is 7.98. The van der Waals surface area contributed by atoms with Gasteiger partial charge in [-0.3, -0.25) is 5.10 Å². The second kappa shape index (κ2) is 4.82. The molecule has 68 valence electrons. The summed E-state index contributed by atoms with van der Waals surface area (Å²) in [5.41, 5.74) is 0. The van der Waals surface area contributed by atoms with Crippen LogP contribution in [-0.2, 0) is 0 Å². The zero-order valence-corrected chi connectivity index (χ0v) is 6.88. The predicted molar refractivity (Wildman–Crippen MR) is 48.4 cm³/mol. The van der Waals surface area contributed by atoms with E-state index in [1.54, 1.807) is 24.5 Å². The highest BCUT2D eigenvalue weighted by molar-refractivity contribution is 5.36. The third kappa shape index (κ3) is 3.29.